The standard InChI is InChI=1S/C14H11N3O3S/c1-7-11(14(19)20)13(21-17-7)16-12(18)9-2-3-10-8(6-9)4-5-15-10/h2-6,15H,1H3,(H,16,18)(H,19,20). The second-order valence-electron chi connectivity index (χ2n) is 4.51. The third-order valence-electron chi connectivity index (χ3n) is 3.12. The van der Waals surface area contributed by atoms with E-state index in [1.165, 1.54) is 0 Å². The zero-order chi connectivity index (χ0) is 15.0. The van der Waals surface area contributed by atoms with Gasteiger partial charge in [0.05, 0.1) is 5.69 Å². The Hall–Kier alpha value is -2.67. The molecule has 21 heavy (non-hydrogen) atoms. The SMILES string of the molecule is Cc1nsc(NC(=O)c2ccc3[nH]ccc3c2)c1C(=O)O. The molecule has 0 unspecified atom stereocenters. The van der Waals surface area contributed by atoms with Gasteiger partial charge in [-0.3, -0.25) is 4.79 Å². The molecule has 3 aromatic rings. The molecule has 3 N–H and O–H groups in total. The number of hydrogen-bond donors (Lipinski definition) is 3. The van der Waals surface area contributed by atoms with Crippen molar-refractivity contribution < 1.29 is 14.7 Å². The molecule has 0 aliphatic heterocycles. The predicted molar refractivity (Wildman–Crippen MR) is 80.1 cm³/mol. The van der Waals surface area contributed by atoms with Gasteiger partial charge in [-0.15, -0.1) is 0 Å². The fourth-order valence-electron chi connectivity index (χ4n) is 2.08. The molecular weight excluding hydrogens is 290 g/mol. The largest absolute Gasteiger partial charge is 0.478 e. The number of nitrogens with zero attached hydrogens (tertiary/aromatic N) is 1. The first-order valence-corrected chi connectivity index (χ1v) is 6.91. The lowest BCUT2D eigenvalue weighted by molar-refractivity contribution is 0.0697. The molecule has 2 heterocycles. The molecule has 106 valence electrons. The quantitative estimate of drug-likeness (QED) is 0.693. The van der Waals surface area contributed by atoms with Crippen LogP contribution in [0.2, 0.25) is 0 Å². The molecule has 0 aliphatic rings. The Balaban J connectivity index is 1.91. The van der Waals surface area contributed by atoms with Crippen LogP contribution in [0.4, 0.5) is 5.00 Å². The minimum Gasteiger partial charge on any atom is -0.478 e. The number of aromatic amines is 1. The third-order valence-corrected chi connectivity index (χ3v) is 3.97. The second kappa shape index (κ2) is 5.02. The minimum atomic E-state index is -1.10. The molecule has 0 radical (unpaired) electrons. The van der Waals surface area contributed by atoms with Crippen LogP contribution in [0.1, 0.15) is 26.4 Å². The highest BCUT2D eigenvalue weighted by molar-refractivity contribution is 7.11. The van der Waals surface area contributed by atoms with Crippen LogP contribution < -0.4 is 5.32 Å². The van der Waals surface area contributed by atoms with Crippen LogP contribution in [0.15, 0.2) is 30.5 Å². The molecule has 1 amide bonds. The van der Waals surface area contributed by atoms with Crippen molar-refractivity contribution in [3.63, 3.8) is 0 Å². The number of carbonyl (C=O) groups excluding carboxylic acids is 1. The van der Waals surface area contributed by atoms with Crippen molar-refractivity contribution in [2.75, 3.05) is 5.32 Å². The van der Waals surface area contributed by atoms with Gasteiger partial charge in [0, 0.05) is 22.7 Å². The number of H-pyrrole nitrogens is 1. The Kier molecular flexibility index (Phi) is 3.19. The zero-order valence-corrected chi connectivity index (χ0v) is 11.8. The summed E-state index contributed by atoms with van der Waals surface area (Å²) in [7, 11) is 0. The van der Waals surface area contributed by atoms with Crippen LogP contribution in [0, 0.1) is 6.92 Å². The lowest BCUT2D eigenvalue weighted by atomic mass is 10.1. The summed E-state index contributed by atoms with van der Waals surface area (Å²) in [5, 5.41) is 12.9. The number of aromatic carboxylic acids is 1. The molecule has 0 spiro atoms. The van der Waals surface area contributed by atoms with E-state index in [1.54, 1.807) is 31.3 Å². The van der Waals surface area contributed by atoms with Crippen LogP contribution in [0.3, 0.4) is 0 Å². The van der Waals surface area contributed by atoms with Gasteiger partial charge in [0.15, 0.2) is 0 Å². The molecule has 3 rings (SSSR count). The number of benzene rings is 1. The summed E-state index contributed by atoms with van der Waals surface area (Å²) in [4.78, 5) is 26.4. The van der Waals surface area contributed by atoms with E-state index in [9.17, 15) is 9.59 Å². The van der Waals surface area contributed by atoms with Gasteiger partial charge >= 0.3 is 5.97 Å². The molecule has 0 atom stereocenters. The number of nitrogens with one attached hydrogen (secondary N) is 2. The number of aryl methyl sites for hydroxylation is 1. The van der Waals surface area contributed by atoms with Crippen molar-refractivity contribution in [3.05, 3.63) is 47.3 Å². The van der Waals surface area contributed by atoms with Crippen molar-refractivity contribution >= 4 is 39.3 Å². The van der Waals surface area contributed by atoms with E-state index in [0.717, 1.165) is 22.4 Å². The van der Waals surface area contributed by atoms with Gasteiger partial charge in [-0.25, -0.2) is 4.79 Å². The number of rotatable bonds is 3. The van der Waals surface area contributed by atoms with Crippen LogP contribution >= 0.6 is 11.5 Å². The number of carboxylic acids is 1. The van der Waals surface area contributed by atoms with Gasteiger partial charge < -0.3 is 15.4 Å². The van der Waals surface area contributed by atoms with Gasteiger partial charge in [0.25, 0.3) is 5.91 Å². The molecule has 1 aromatic carbocycles. The van der Waals surface area contributed by atoms with Crippen molar-refractivity contribution in [1.29, 1.82) is 0 Å². The Labute approximate surface area is 123 Å². The van der Waals surface area contributed by atoms with Gasteiger partial charge in [0.2, 0.25) is 0 Å². The highest BCUT2D eigenvalue weighted by atomic mass is 32.1. The fraction of sp³-hybridized carbons (Fsp3) is 0.0714. The van der Waals surface area contributed by atoms with Crippen molar-refractivity contribution in [2.24, 2.45) is 0 Å². The van der Waals surface area contributed by atoms with E-state index in [0.29, 0.717) is 11.3 Å². The highest BCUT2D eigenvalue weighted by Gasteiger charge is 2.19. The molecule has 7 heteroatoms. The summed E-state index contributed by atoms with van der Waals surface area (Å²) in [5.74, 6) is -1.46. The number of fused-ring (bicyclic) bond motifs is 1. The minimum absolute atomic E-state index is 0.0380. The average molecular weight is 301 g/mol. The third kappa shape index (κ3) is 2.38. The Bertz CT molecular complexity index is 850. The molecule has 0 saturated heterocycles. The summed E-state index contributed by atoms with van der Waals surface area (Å²) >= 11 is 0.964. The number of aromatic nitrogens is 2. The molecule has 2 aromatic heterocycles. The Morgan fingerprint density at radius 3 is 2.90 bits per heavy atom. The molecule has 0 aliphatic carbocycles. The summed E-state index contributed by atoms with van der Waals surface area (Å²) in [6.45, 7) is 1.60. The van der Waals surface area contributed by atoms with Gasteiger partial charge in [-0.1, -0.05) is 0 Å². The summed E-state index contributed by atoms with van der Waals surface area (Å²) < 4.78 is 3.97. The number of carboxylic acid groups (broad SMARTS) is 1. The van der Waals surface area contributed by atoms with Crippen LogP contribution in [0.25, 0.3) is 10.9 Å². The summed E-state index contributed by atoms with van der Waals surface area (Å²) in [6, 6.07) is 7.10. The smallest absolute Gasteiger partial charge is 0.340 e. The zero-order valence-electron chi connectivity index (χ0n) is 11.0. The van der Waals surface area contributed by atoms with Crippen LogP contribution in [0.5, 0.6) is 0 Å². The normalized spacial score (nSPS) is 10.7. The maximum atomic E-state index is 12.2. The highest BCUT2D eigenvalue weighted by Crippen LogP contribution is 2.25. The molecular formula is C14H11N3O3S. The van der Waals surface area contributed by atoms with E-state index in [-0.39, 0.29) is 16.5 Å². The molecule has 0 bridgehead atoms. The molecule has 0 saturated carbocycles. The fourth-order valence-corrected chi connectivity index (χ4v) is 2.86. The Morgan fingerprint density at radius 2 is 2.14 bits per heavy atom. The van der Waals surface area contributed by atoms with Gasteiger partial charge in [-0.2, -0.15) is 4.37 Å². The maximum Gasteiger partial charge on any atom is 0.340 e. The van der Waals surface area contributed by atoms with Crippen LogP contribution in [-0.2, 0) is 0 Å². The topological polar surface area (TPSA) is 95.1 Å². The first kappa shape index (κ1) is 13.3. The number of carbonyl (C=O) groups is 2. The van der Waals surface area contributed by atoms with Crippen molar-refractivity contribution in [3.8, 4) is 0 Å². The molecule has 6 nitrogen and oxygen atoms in total. The number of anilines is 1. The Morgan fingerprint density at radius 1 is 1.33 bits per heavy atom. The van der Waals surface area contributed by atoms with Crippen molar-refractivity contribution in [1.82, 2.24) is 9.36 Å². The van der Waals surface area contributed by atoms with E-state index in [2.05, 4.69) is 14.7 Å². The number of amides is 1. The lowest BCUT2D eigenvalue weighted by Crippen LogP contribution is -2.13. The second-order valence-corrected chi connectivity index (χ2v) is 5.28. The van der Waals surface area contributed by atoms with Crippen molar-refractivity contribution in [2.45, 2.75) is 6.92 Å². The maximum absolute atomic E-state index is 12.2. The summed E-state index contributed by atoms with van der Waals surface area (Å²) in [5.41, 5.74) is 1.83. The van der Waals surface area contributed by atoms with Crippen LogP contribution in [-0.4, -0.2) is 26.3 Å². The van der Waals surface area contributed by atoms with E-state index in [1.807, 2.05) is 6.07 Å². The first-order chi connectivity index (χ1) is 10.1. The monoisotopic (exact) mass is 301 g/mol. The number of hydrogen-bond acceptors (Lipinski definition) is 4. The summed E-state index contributed by atoms with van der Waals surface area (Å²) in [6.07, 6.45) is 1.79. The van der Waals surface area contributed by atoms with E-state index >= 15 is 0 Å². The first-order valence-electron chi connectivity index (χ1n) is 6.14. The van der Waals surface area contributed by atoms with Gasteiger partial charge in [-0.05, 0) is 42.7 Å². The molecule has 0 fully saturated rings. The van der Waals surface area contributed by atoms with Gasteiger partial charge in [0.1, 0.15) is 10.6 Å². The van der Waals surface area contributed by atoms with E-state index < -0.39 is 5.97 Å². The van der Waals surface area contributed by atoms with E-state index in [4.69, 9.17) is 5.11 Å². The lowest BCUT2D eigenvalue weighted by Gasteiger charge is -2.04. The predicted octanol–water partition coefficient (Wildman–Crippen LogP) is 2.88. The average Bonchev–Trinajstić information content (AvgIpc) is 3.04.